The van der Waals surface area contributed by atoms with Gasteiger partial charge in [0.15, 0.2) is 0 Å². The summed E-state index contributed by atoms with van der Waals surface area (Å²) < 4.78 is 0. The van der Waals surface area contributed by atoms with Gasteiger partial charge in [-0.05, 0) is 0 Å². The van der Waals surface area contributed by atoms with Crippen molar-refractivity contribution in [1.29, 1.82) is 0 Å². The van der Waals surface area contributed by atoms with Crippen LogP contribution in [0.1, 0.15) is 0 Å². The summed E-state index contributed by atoms with van der Waals surface area (Å²) in [4.78, 5) is 24.0. The minimum atomic E-state index is -0.407. The van der Waals surface area contributed by atoms with E-state index in [-0.39, 0.29) is 0 Å². The highest BCUT2D eigenvalue weighted by atomic mass is 16.2. The van der Waals surface area contributed by atoms with Crippen molar-refractivity contribution in [1.82, 2.24) is 9.80 Å². The molecule has 1 rings (SSSR count). The van der Waals surface area contributed by atoms with E-state index in [0.717, 1.165) is 6.41 Å². The molecule has 5 nitrogen and oxygen atoms in total. The van der Waals surface area contributed by atoms with Crippen LogP contribution in [0.5, 0.6) is 0 Å². The Morgan fingerprint density at radius 2 is 1.82 bits per heavy atom. The molecule has 0 unspecified atom stereocenters. The molecule has 11 heavy (non-hydrogen) atoms. The van der Waals surface area contributed by atoms with Crippen LogP contribution >= 0.6 is 0 Å². The normalized spacial score (nSPS) is 18.2. The third-order valence-corrected chi connectivity index (χ3v) is 1.78. The molecule has 1 heterocycles. The molecule has 0 spiro atoms. The lowest BCUT2D eigenvalue weighted by Crippen LogP contribution is -2.49. The molecule has 1 aliphatic rings. The zero-order valence-corrected chi connectivity index (χ0v) is 6.19. The molecule has 0 radical (unpaired) electrons. The predicted octanol–water partition coefficient (Wildman–Crippen LogP) is -1.16. The summed E-state index contributed by atoms with van der Waals surface area (Å²) in [6.45, 7) is 2.28. The van der Waals surface area contributed by atoms with E-state index < -0.39 is 6.03 Å². The van der Waals surface area contributed by atoms with Crippen LogP contribution in [0.2, 0.25) is 0 Å². The number of carbonyl (C=O) groups is 2. The van der Waals surface area contributed by atoms with E-state index in [2.05, 4.69) is 0 Å². The number of nitrogens with two attached hydrogens (primary N) is 1. The van der Waals surface area contributed by atoms with Crippen LogP contribution in [0.15, 0.2) is 0 Å². The number of rotatable bonds is 1. The van der Waals surface area contributed by atoms with Crippen LogP contribution < -0.4 is 5.73 Å². The maximum Gasteiger partial charge on any atom is 0.314 e. The monoisotopic (exact) mass is 157 g/mol. The van der Waals surface area contributed by atoms with Crippen molar-refractivity contribution < 1.29 is 9.59 Å². The Balaban J connectivity index is 2.35. The largest absolute Gasteiger partial charge is 0.351 e. The van der Waals surface area contributed by atoms with Crippen LogP contribution in [0.4, 0.5) is 4.79 Å². The Hall–Kier alpha value is -1.26. The maximum absolute atomic E-state index is 10.6. The lowest BCUT2D eigenvalue weighted by Gasteiger charge is -2.31. The molecule has 2 N–H and O–H groups in total. The first-order valence-electron chi connectivity index (χ1n) is 3.48. The van der Waals surface area contributed by atoms with Gasteiger partial charge in [0.05, 0.1) is 0 Å². The van der Waals surface area contributed by atoms with Crippen LogP contribution in [0, 0.1) is 0 Å². The highest BCUT2D eigenvalue weighted by Gasteiger charge is 2.16. The van der Waals surface area contributed by atoms with E-state index in [0.29, 0.717) is 26.2 Å². The molecule has 62 valence electrons. The lowest BCUT2D eigenvalue weighted by atomic mass is 10.3. The van der Waals surface area contributed by atoms with Crippen LogP contribution in [-0.2, 0) is 4.79 Å². The first kappa shape index (κ1) is 7.84. The van der Waals surface area contributed by atoms with Crippen LogP contribution in [0.25, 0.3) is 0 Å². The number of hydrogen-bond donors (Lipinski definition) is 1. The van der Waals surface area contributed by atoms with Gasteiger partial charge in [-0.25, -0.2) is 4.79 Å². The molecule has 0 aliphatic carbocycles. The Labute approximate surface area is 64.7 Å². The molecular formula is C6H11N3O2. The van der Waals surface area contributed by atoms with E-state index in [4.69, 9.17) is 5.73 Å². The molecule has 0 atom stereocenters. The summed E-state index contributed by atoms with van der Waals surface area (Å²) in [7, 11) is 0. The van der Waals surface area contributed by atoms with Gasteiger partial charge in [0.1, 0.15) is 0 Å². The summed E-state index contributed by atoms with van der Waals surface area (Å²) >= 11 is 0. The van der Waals surface area contributed by atoms with E-state index >= 15 is 0 Å². The molecule has 3 amide bonds. The number of carbonyl (C=O) groups excluding carboxylic acids is 2. The van der Waals surface area contributed by atoms with Crippen molar-refractivity contribution in [2.75, 3.05) is 26.2 Å². The first-order valence-corrected chi connectivity index (χ1v) is 3.48. The molecule has 0 aromatic heterocycles. The van der Waals surface area contributed by atoms with Gasteiger partial charge in [-0.2, -0.15) is 0 Å². The Morgan fingerprint density at radius 1 is 1.27 bits per heavy atom. The van der Waals surface area contributed by atoms with Crippen molar-refractivity contribution in [3.63, 3.8) is 0 Å². The van der Waals surface area contributed by atoms with Gasteiger partial charge in [-0.15, -0.1) is 0 Å². The fourth-order valence-electron chi connectivity index (χ4n) is 1.05. The minimum absolute atomic E-state index is 0.407. The number of urea groups is 1. The molecule has 0 aromatic rings. The summed E-state index contributed by atoms with van der Waals surface area (Å²) in [5.74, 6) is 0. The van der Waals surface area contributed by atoms with Gasteiger partial charge in [0.25, 0.3) is 0 Å². The quantitative estimate of drug-likeness (QED) is 0.488. The molecule has 0 bridgehead atoms. The number of hydrogen-bond acceptors (Lipinski definition) is 2. The topological polar surface area (TPSA) is 66.6 Å². The summed E-state index contributed by atoms with van der Waals surface area (Å²) in [6.07, 6.45) is 0.790. The van der Waals surface area contributed by atoms with Crippen molar-refractivity contribution in [3.8, 4) is 0 Å². The molecule has 0 saturated carbocycles. The second kappa shape index (κ2) is 3.23. The third kappa shape index (κ3) is 1.83. The van der Waals surface area contributed by atoms with Gasteiger partial charge < -0.3 is 15.5 Å². The highest BCUT2D eigenvalue weighted by molar-refractivity contribution is 5.72. The average molecular weight is 157 g/mol. The fourth-order valence-corrected chi connectivity index (χ4v) is 1.05. The Bertz CT molecular complexity index is 163. The van der Waals surface area contributed by atoms with Crippen LogP contribution in [-0.4, -0.2) is 48.4 Å². The number of piperazine rings is 1. The fraction of sp³-hybridized carbons (Fsp3) is 0.667. The maximum atomic E-state index is 10.6. The molecule has 0 aromatic carbocycles. The van der Waals surface area contributed by atoms with Gasteiger partial charge in [0.2, 0.25) is 6.41 Å². The third-order valence-electron chi connectivity index (χ3n) is 1.78. The Kier molecular flexibility index (Phi) is 2.30. The van der Waals surface area contributed by atoms with Crippen LogP contribution in [0.3, 0.4) is 0 Å². The minimum Gasteiger partial charge on any atom is -0.351 e. The Morgan fingerprint density at radius 3 is 2.18 bits per heavy atom. The molecule has 1 aliphatic heterocycles. The molecule has 1 fully saturated rings. The standard InChI is InChI=1S/C6H11N3O2/c7-6(11)9-3-1-8(5-10)2-4-9/h5H,1-4H2,(H2,7,11). The number of amides is 3. The molecule has 5 heteroatoms. The smallest absolute Gasteiger partial charge is 0.314 e. The van der Waals surface area contributed by atoms with E-state index in [9.17, 15) is 9.59 Å². The van der Waals surface area contributed by atoms with Crippen molar-refractivity contribution in [2.45, 2.75) is 0 Å². The summed E-state index contributed by atoms with van der Waals surface area (Å²) in [5.41, 5.74) is 5.03. The number of primary amides is 1. The SMILES string of the molecule is NC(=O)N1CCN(C=O)CC1. The molecule has 1 saturated heterocycles. The zero-order chi connectivity index (χ0) is 8.27. The van der Waals surface area contributed by atoms with Crippen molar-refractivity contribution >= 4 is 12.4 Å². The van der Waals surface area contributed by atoms with E-state index in [1.54, 1.807) is 4.90 Å². The zero-order valence-electron chi connectivity index (χ0n) is 6.19. The highest BCUT2D eigenvalue weighted by Crippen LogP contribution is 1.97. The van der Waals surface area contributed by atoms with Crippen molar-refractivity contribution in [3.05, 3.63) is 0 Å². The van der Waals surface area contributed by atoms with Gasteiger partial charge in [0, 0.05) is 26.2 Å². The average Bonchev–Trinajstić information content (AvgIpc) is 2.05. The van der Waals surface area contributed by atoms with Gasteiger partial charge >= 0.3 is 6.03 Å². The first-order chi connectivity index (χ1) is 5.24. The predicted molar refractivity (Wildman–Crippen MR) is 38.8 cm³/mol. The van der Waals surface area contributed by atoms with Crippen molar-refractivity contribution in [2.24, 2.45) is 5.73 Å². The number of nitrogens with zero attached hydrogens (tertiary/aromatic N) is 2. The van der Waals surface area contributed by atoms with E-state index in [1.165, 1.54) is 4.90 Å². The summed E-state index contributed by atoms with van der Waals surface area (Å²) in [5, 5.41) is 0. The lowest BCUT2D eigenvalue weighted by molar-refractivity contribution is -0.119. The second-order valence-corrected chi connectivity index (χ2v) is 2.47. The van der Waals surface area contributed by atoms with E-state index in [1.807, 2.05) is 0 Å². The summed E-state index contributed by atoms with van der Waals surface area (Å²) in [6, 6.07) is -0.407. The van der Waals surface area contributed by atoms with Gasteiger partial charge in [-0.3, -0.25) is 4.79 Å². The second-order valence-electron chi connectivity index (χ2n) is 2.47. The molecular weight excluding hydrogens is 146 g/mol. The van der Waals surface area contributed by atoms with Gasteiger partial charge in [-0.1, -0.05) is 0 Å².